The van der Waals surface area contributed by atoms with E-state index in [1.54, 1.807) is 0 Å². The van der Waals surface area contributed by atoms with Gasteiger partial charge in [0.15, 0.2) is 29.1 Å². The Morgan fingerprint density at radius 3 is 1.00 bits per heavy atom. The fourth-order valence-corrected chi connectivity index (χ4v) is 15.7. The van der Waals surface area contributed by atoms with Gasteiger partial charge < -0.3 is 22.9 Å². The highest BCUT2D eigenvalue weighted by molar-refractivity contribution is 6.66. The van der Waals surface area contributed by atoms with E-state index in [4.69, 9.17) is 49.4 Å². The number of benzene rings is 16. The summed E-state index contributed by atoms with van der Waals surface area (Å²) in [7, 11) is -0.474. The van der Waals surface area contributed by atoms with Crippen LogP contribution in [0.3, 0.4) is 0 Å². The minimum atomic E-state index is -0.474. The van der Waals surface area contributed by atoms with Crippen molar-refractivity contribution in [3.63, 3.8) is 0 Å². The molecule has 564 valence electrons. The van der Waals surface area contributed by atoms with Crippen molar-refractivity contribution in [3.8, 4) is 101 Å². The van der Waals surface area contributed by atoms with Crippen molar-refractivity contribution in [1.82, 2.24) is 29.9 Å². The van der Waals surface area contributed by atoms with Crippen LogP contribution >= 0.6 is 11.6 Å². The number of ether oxygens (including phenoxy) is 1. The topological polar surface area (TPSA) is 131 Å². The molecule has 4 aromatic heterocycles. The number of fused-ring (bicyclic) bond motifs is 10. The number of nitrogens with zero attached hydrogens (tertiary/aromatic N) is 6. The second kappa shape index (κ2) is 31.7. The van der Waals surface area contributed by atoms with Crippen LogP contribution in [0.5, 0.6) is 0 Å². The van der Waals surface area contributed by atoms with Crippen LogP contribution in [0.25, 0.3) is 188 Å². The molecule has 2 fully saturated rings. The largest absolute Gasteiger partial charge is 0.495 e. The maximum absolute atomic E-state index is 6.63. The molecule has 0 atom stereocenters. The summed E-state index contributed by atoms with van der Waals surface area (Å²) in [6.45, 7) is 10.4. The maximum Gasteiger partial charge on any atom is 0.495 e. The average molecular weight is 1540 g/mol. The molecule has 0 N–H and O–H groups in total. The van der Waals surface area contributed by atoms with Crippen LogP contribution < -0.4 is 5.46 Å². The smallest absolute Gasteiger partial charge is 0.456 e. The van der Waals surface area contributed by atoms with Gasteiger partial charge in [-0.25, -0.2) is 19.9 Å². The van der Waals surface area contributed by atoms with Gasteiger partial charge in [-0.1, -0.05) is 297 Å². The van der Waals surface area contributed by atoms with Gasteiger partial charge in [-0.3, -0.25) is 0 Å². The van der Waals surface area contributed by atoms with Gasteiger partial charge in [0.05, 0.1) is 11.2 Å². The van der Waals surface area contributed by atoms with Gasteiger partial charge in [0.2, 0.25) is 5.28 Å². The highest BCUT2D eigenvalue weighted by Gasteiger charge is 2.52. The molecule has 0 saturated carbocycles. The lowest BCUT2D eigenvalue weighted by molar-refractivity contribution is 0.00578. The van der Waals surface area contributed by atoms with Gasteiger partial charge in [-0.05, 0) is 200 Å². The first-order valence-electron chi connectivity index (χ1n) is 39.6. The van der Waals surface area contributed by atoms with Gasteiger partial charge in [0.25, 0.3) is 0 Å². The third-order valence-electron chi connectivity index (χ3n) is 22.5. The summed E-state index contributed by atoms with van der Waals surface area (Å²) >= 11 is 6.17. The molecule has 0 spiro atoms. The molecule has 11 nitrogen and oxygen atoms in total. The molecule has 6 heterocycles. The average Bonchev–Trinajstić information content (AvgIpc) is 1.59. The fraction of sp³-hybridized carbons (Fsp3) is 0.0962. The first kappa shape index (κ1) is 73.6. The lowest BCUT2D eigenvalue weighted by atomic mass is 9.75. The maximum atomic E-state index is 6.63. The Labute approximate surface area is 683 Å². The Morgan fingerprint density at radius 2 is 0.581 bits per heavy atom. The zero-order valence-electron chi connectivity index (χ0n) is 65.0. The molecule has 2 aliphatic heterocycles. The van der Waals surface area contributed by atoms with Crippen LogP contribution in [0.1, 0.15) is 40.5 Å². The normalized spacial score (nSPS) is 13.6. The van der Waals surface area contributed by atoms with Gasteiger partial charge in [0, 0.05) is 62.6 Å². The molecule has 22 rings (SSSR count). The lowest BCUT2D eigenvalue weighted by Gasteiger charge is -2.32. The van der Waals surface area contributed by atoms with Crippen LogP contribution in [0.15, 0.2) is 361 Å². The summed E-state index contributed by atoms with van der Waals surface area (Å²) in [5.41, 5.74) is 17.0. The third-order valence-corrected chi connectivity index (χ3v) is 22.6. The highest BCUT2D eigenvalue weighted by atomic mass is 35.5. The van der Waals surface area contributed by atoms with Crippen molar-refractivity contribution >= 4 is 111 Å². The van der Waals surface area contributed by atoms with E-state index in [-0.39, 0.29) is 5.28 Å². The Balaban J connectivity index is 0.000000119. The van der Waals surface area contributed by atoms with Crippen molar-refractivity contribution in [2.45, 2.75) is 51.7 Å². The van der Waals surface area contributed by atoms with Crippen molar-refractivity contribution in [2.75, 3.05) is 13.2 Å². The van der Waals surface area contributed by atoms with E-state index in [1.807, 2.05) is 84.9 Å². The fourth-order valence-electron chi connectivity index (χ4n) is 15.6. The minimum Gasteiger partial charge on any atom is -0.456 e. The molecular formula is C104H78BClN6O5. The quantitative estimate of drug-likeness (QED) is 0.121. The lowest BCUT2D eigenvalue weighted by Crippen LogP contribution is -2.41. The standard InChI is InChI=1S/C47H29N3O.C28H25BO3.C25H16ClN3.C4H8O/c1-3-11-30(12-4-1)39-27-41(44-40-26-36-17-9-10-18-37(36)28-42(40)51-43(44)29-39)47-49-45(33-14-5-2-6-15-33)48-46(50-47)34-22-19-32(20-23-34)38-24-21-31-13-7-8-16-35(31)25-38;1-27(2)28(3,4)32-29(31-27)23-15-21(18-10-6-5-7-11-18)17-25-26(23)22-14-19-12-8-9-13-20(19)16-24(22)30-25;26-25-28-23(19-7-2-1-3-8-19)27-24(29-25)20-13-10-18(11-14-20)22-15-12-17-6-4-5-9-21(17)16-22;1-2-4-5-3-1/h1-29H;5-17H,1-4H3;1-16H;1-4H2. The summed E-state index contributed by atoms with van der Waals surface area (Å²) < 4.78 is 31.0. The molecular weight excluding hydrogens is 1460 g/mol. The van der Waals surface area contributed by atoms with Crippen LogP contribution in [0, 0.1) is 0 Å². The first-order chi connectivity index (χ1) is 57.3. The predicted octanol–water partition coefficient (Wildman–Crippen LogP) is 26.6. The van der Waals surface area contributed by atoms with E-state index in [9.17, 15) is 0 Å². The molecule has 0 unspecified atom stereocenters. The van der Waals surface area contributed by atoms with E-state index >= 15 is 0 Å². The molecule has 117 heavy (non-hydrogen) atoms. The second-order valence-corrected chi connectivity index (χ2v) is 31.0. The van der Waals surface area contributed by atoms with E-state index in [0.717, 1.165) is 135 Å². The zero-order valence-corrected chi connectivity index (χ0v) is 65.8. The van der Waals surface area contributed by atoms with Gasteiger partial charge >= 0.3 is 7.12 Å². The Morgan fingerprint density at radius 1 is 0.265 bits per heavy atom. The van der Waals surface area contributed by atoms with Gasteiger partial charge in [-0.2, -0.15) is 9.97 Å². The van der Waals surface area contributed by atoms with Crippen LogP contribution in [-0.4, -0.2) is 61.4 Å². The number of rotatable bonds is 10. The van der Waals surface area contributed by atoms with E-state index in [2.05, 4.69) is 310 Å². The minimum absolute atomic E-state index is 0.187. The predicted molar refractivity (Wildman–Crippen MR) is 480 cm³/mol. The van der Waals surface area contributed by atoms with E-state index in [1.165, 1.54) is 56.3 Å². The zero-order chi connectivity index (χ0) is 79.0. The summed E-state index contributed by atoms with van der Waals surface area (Å²) in [6, 6.07) is 121. The van der Waals surface area contributed by atoms with Crippen LogP contribution in [0.4, 0.5) is 0 Å². The summed E-state index contributed by atoms with van der Waals surface area (Å²) in [5, 5.41) is 13.9. The molecule has 0 radical (unpaired) electrons. The molecule has 2 aliphatic rings. The van der Waals surface area contributed by atoms with Gasteiger partial charge in [-0.15, -0.1) is 0 Å². The molecule has 0 aliphatic carbocycles. The van der Waals surface area contributed by atoms with Crippen molar-refractivity contribution in [2.24, 2.45) is 0 Å². The van der Waals surface area contributed by atoms with Gasteiger partial charge in [0.1, 0.15) is 22.3 Å². The van der Waals surface area contributed by atoms with Crippen molar-refractivity contribution in [3.05, 3.63) is 357 Å². The SMILES string of the molecule is C1CCOC1.CC1(C)OB(c2cc(-c3ccccc3)cc3oc4cc5ccccc5cc4c23)OC1(C)C.Clc1nc(-c2ccccc2)nc(-c2ccc(-c3ccc4ccccc4c3)cc2)n1.c1ccc(-c2cc(-c3nc(-c4ccccc4)nc(-c4ccc(-c5ccc6ccccc6c5)cc4)n3)c3c(c2)oc2cc4ccccc4cc23)cc1. The Bertz CT molecular complexity index is 7040. The Kier molecular flexibility index (Phi) is 19.9. The van der Waals surface area contributed by atoms with E-state index < -0.39 is 18.3 Å². The van der Waals surface area contributed by atoms with Crippen LogP contribution in [-0.2, 0) is 14.0 Å². The highest BCUT2D eigenvalue weighted by Crippen LogP contribution is 2.44. The molecule has 20 aromatic rings. The molecule has 0 bridgehead atoms. The number of furan rings is 2. The Hall–Kier alpha value is -13.6. The molecule has 16 aromatic carbocycles. The molecule has 13 heteroatoms. The monoisotopic (exact) mass is 1540 g/mol. The van der Waals surface area contributed by atoms with Crippen molar-refractivity contribution < 1.29 is 22.9 Å². The number of halogens is 1. The number of hydrogen-bond donors (Lipinski definition) is 0. The molecule has 0 amide bonds. The first-order valence-corrected chi connectivity index (χ1v) is 40.0. The number of aromatic nitrogens is 6. The third kappa shape index (κ3) is 15.2. The summed E-state index contributed by atoms with van der Waals surface area (Å²) in [6.07, 6.45) is 2.56. The van der Waals surface area contributed by atoms with E-state index in [0.29, 0.717) is 29.1 Å². The molecule has 2 saturated heterocycles. The summed E-state index contributed by atoms with van der Waals surface area (Å²) in [4.78, 5) is 28.6. The van der Waals surface area contributed by atoms with Crippen molar-refractivity contribution in [1.29, 1.82) is 0 Å². The summed E-state index contributed by atoms with van der Waals surface area (Å²) in [5.74, 6) is 2.95. The van der Waals surface area contributed by atoms with Crippen LogP contribution in [0.2, 0.25) is 5.28 Å². The number of hydrogen-bond acceptors (Lipinski definition) is 11. The second-order valence-electron chi connectivity index (χ2n) is 30.6.